The van der Waals surface area contributed by atoms with E-state index >= 15 is 0 Å². The summed E-state index contributed by atoms with van der Waals surface area (Å²) in [5, 5.41) is 6.53. The molecular weight excluding hydrogens is 425 g/mol. The summed E-state index contributed by atoms with van der Waals surface area (Å²) in [6.07, 6.45) is 4.98. The molecule has 0 bridgehead atoms. The van der Waals surface area contributed by atoms with Crippen LogP contribution in [0.3, 0.4) is 0 Å². The maximum absolute atomic E-state index is 14.6. The van der Waals surface area contributed by atoms with Crippen LogP contribution in [-0.4, -0.2) is 28.6 Å². The normalized spacial score (nSPS) is 18.7. The number of rotatable bonds is 4. The number of anilines is 1. The fraction of sp³-hybridized carbons (Fsp3) is 0.400. The summed E-state index contributed by atoms with van der Waals surface area (Å²) in [7, 11) is 0. The number of pyridine rings is 1. The first-order chi connectivity index (χ1) is 15.7. The Hall–Kier alpha value is -3.42. The Morgan fingerprint density at radius 3 is 2.79 bits per heavy atom. The number of aromatic nitrogens is 1. The number of alkyl carbamates (subject to hydrolysis) is 1. The van der Waals surface area contributed by atoms with Crippen molar-refractivity contribution in [2.24, 2.45) is 5.92 Å². The van der Waals surface area contributed by atoms with E-state index in [0.717, 1.165) is 24.4 Å². The Morgan fingerprint density at radius 2 is 2.00 bits per heavy atom. The topological polar surface area (TPSA) is 93.5 Å². The van der Waals surface area contributed by atoms with E-state index in [1.807, 2.05) is 18.2 Å². The molecular formula is C25H28FN3O4. The maximum Gasteiger partial charge on any atom is 0.407 e. The van der Waals surface area contributed by atoms with Gasteiger partial charge in [0.05, 0.1) is 12.5 Å². The molecule has 174 valence electrons. The molecule has 1 saturated carbocycles. The van der Waals surface area contributed by atoms with Crippen LogP contribution in [0, 0.1) is 11.7 Å². The Morgan fingerprint density at radius 1 is 1.18 bits per heavy atom. The van der Waals surface area contributed by atoms with E-state index < -0.39 is 17.5 Å². The molecule has 2 aromatic heterocycles. The lowest BCUT2D eigenvalue weighted by atomic mass is 9.85. The van der Waals surface area contributed by atoms with Crippen LogP contribution in [0.5, 0.6) is 0 Å². The minimum atomic E-state index is -0.582. The molecule has 0 radical (unpaired) electrons. The van der Waals surface area contributed by atoms with E-state index in [0.29, 0.717) is 29.6 Å². The van der Waals surface area contributed by atoms with Gasteiger partial charge in [0.2, 0.25) is 5.91 Å². The minimum Gasteiger partial charge on any atom is -0.464 e. The van der Waals surface area contributed by atoms with E-state index in [1.54, 1.807) is 33.1 Å². The molecule has 0 aliphatic heterocycles. The van der Waals surface area contributed by atoms with Gasteiger partial charge in [-0.05, 0) is 52.2 Å². The van der Waals surface area contributed by atoms with Crippen molar-refractivity contribution in [3.63, 3.8) is 0 Å². The van der Waals surface area contributed by atoms with Crippen LogP contribution in [0.25, 0.3) is 22.1 Å². The second-order valence-electron chi connectivity index (χ2n) is 9.39. The van der Waals surface area contributed by atoms with Crippen LogP contribution >= 0.6 is 0 Å². The van der Waals surface area contributed by atoms with Crippen molar-refractivity contribution in [1.82, 2.24) is 10.3 Å². The molecule has 2 atom stereocenters. The molecule has 1 aromatic carbocycles. The summed E-state index contributed by atoms with van der Waals surface area (Å²) in [5.74, 6) is -0.729. The Balaban J connectivity index is 1.45. The number of fused-ring (bicyclic) bond motifs is 1. The predicted molar refractivity (Wildman–Crippen MR) is 123 cm³/mol. The third-order valence-corrected chi connectivity index (χ3v) is 5.64. The van der Waals surface area contributed by atoms with Gasteiger partial charge in [-0.15, -0.1) is 0 Å². The number of halogens is 1. The predicted octanol–water partition coefficient (Wildman–Crippen LogP) is 5.66. The summed E-state index contributed by atoms with van der Waals surface area (Å²) in [5.41, 5.74) is 0.880. The van der Waals surface area contributed by atoms with E-state index in [2.05, 4.69) is 15.6 Å². The highest BCUT2D eigenvalue weighted by atomic mass is 19.1. The Kier molecular flexibility index (Phi) is 6.35. The average molecular weight is 454 g/mol. The maximum atomic E-state index is 14.6. The zero-order valence-electron chi connectivity index (χ0n) is 19.0. The van der Waals surface area contributed by atoms with Gasteiger partial charge in [-0.2, -0.15) is 0 Å². The second kappa shape index (κ2) is 9.21. The lowest BCUT2D eigenvalue weighted by Crippen LogP contribution is -2.43. The second-order valence-corrected chi connectivity index (χ2v) is 9.39. The number of carbonyl (C=O) groups excluding carboxylic acids is 2. The molecule has 33 heavy (non-hydrogen) atoms. The number of amides is 2. The summed E-state index contributed by atoms with van der Waals surface area (Å²) in [6.45, 7) is 5.42. The number of furan rings is 1. The van der Waals surface area contributed by atoms with Gasteiger partial charge in [-0.1, -0.05) is 24.6 Å². The van der Waals surface area contributed by atoms with E-state index in [9.17, 15) is 14.0 Å². The fourth-order valence-corrected chi connectivity index (χ4v) is 4.18. The Labute approximate surface area is 191 Å². The summed E-state index contributed by atoms with van der Waals surface area (Å²) >= 11 is 0. The van der Waals surface area contributed by atoms with Crippen LogP contribution in [0.15, 0.2) is 47.2 Å². The molecule has 1 aliphatic carbocycles. The molecule has 2 N–H and O–H groups in total. The minimum absolute atomic E-state index is 0.141. The highest BCUT2D eigenvalue weighted by Crippen LogP contribution is 2.32. The number of hydrogen-bond donors (Lipinski definition) is 2. The fourth-order valence-electron chi connectivity index (χ4n) is 4.18. The van der Waals surface area contributed by atoms with Gasteiger partial charge < -0.3 is 19.8 Å². The first-order valence-electron chi connectivity index (χ1n) is 11.1. The molecule has 0 saturated heterocycles. The van der Waals surface area contributed by atoms with Crippen LogP contribution in [0.4, 0.5) is 15.0 Å². The van der Waals surface area contributed by atoms with Crippen molar-refractivity contribution in [3.05, 3.63) is 48.6 Å². The van der Waals surface area contributed by atoms with Crippen molar-refractivity contribution in [2.75, 3.05) is 5.32 Å². The van der Waals surface area contributed by atoms with Gasteiger partial charge in [0.15, 0.2) is 0 Å². The monoisotopic (exact) mass is 453 g/mol. The molecule has 2 heterocycles. The highest BCUT2D eigenvalue weighted by Gasteiger charge is 2.29. The molecule has 2 amide bonds. The van der Waals surface area contributed by atoms with Gasteiger partial charge in [-0.25, -0.2) is 14.2 Å². The van der Waals surface area contributed by atoms with E-state index in [1.165, 1.54) is 6.07 Å². The van der Waals surface area contributed by atoms with Gasteiger partial charge in [0.25, 0.3) is 0 Å². The quantitative estimate of drug-likeness (QED) is 0.532. The van der Waals surface area contributed by atoms with Gasteiger partial charge in [0, 0.05) is 28.5 Å². The first-order valence-corrected chi connectivity index (χ1v) is 11.1. The number of nitrogens with zero attached hydrogens (tertiary/aromatic N) is 1. The van der Waals surface area contributed by atoms with Crippen LogP contribution in [-0.2, 0) is 9.53 Å². The summed E-state index contributed by atoms with van der Waals surface area (Å²) in [4.78, 5) is 29.1. The van der Waals surface area contributed by atoms with Crippen molar-refractivity contribution >= 4 is 28.8 Å². The largest absolute Gasteiger partial charge is 0.464 e. The summed E-state index contributed by atoms with van der Waals surface area (Å²) < 4.78 is 25.5. The number of ether oxygens (including phenoxy) is 1. The lowest BCUT2D eigenvalue weighted by Gasteiger charge is -2.30. The van der Waals surface area contributed by atoms with Crippen molar-refractivity contribution < 1.29 is 23.1 Å². The van der Waals surface area contributed by atoms with Crippen molar-refractivity contribution in [1.29, 1.82) is 0 Å². The van der Waals surface area contributed by atoms with E-state index in [4.69, 9.17) is 9.15 Å². The summed E-state index contributed by atoms with van der Waals surface area (Å²) in [6, 6.07) is 8.66. The molecule has 1 aliphatic rings. The zero-order chi connectivity index (χ0) is 23.6. The molecule has 0 unspecified atom stereocenters. The average Bonchev–Trinajstić information content (AvgIpc) is 3.23. The number of hydrogen-bond acceptors (Lipinski definition) is 5. The van der Waals surface area contributed by atoms with E-state index in [-0.39, 0.29) is 23.7 Å². The molecule has 4 rings (SSSR count). The van der Waals surface area contributed by atoms with Crippen LogP contribution in [0.1, 0.15) is 46.5 Å². The molecule has 7 nitrogen and oxygen atoms in total. The van der Waals surface area contributed by atoms with Crippen LogP contribution in [0.2, 0.25) is 0 Å². The van der Waals surface area contributed by atoms with Gasteiger partial charge in [0.1, 0.15) is 22.8 Å². The van der Waals surface area contributed by atoms with Gasteiger partial charge in [-0.3, -0.25) is 4.79 Å². The highest BCUT2D eigenvalue weighted by molar-refractivity contribution is 5.95. The van der Waals surface area contributed by atoms with Crippen molar-refractivity contribution in [2.45, 2.75) is 58.1 Å². The van der Waals surface area contributed by atoms with Crippen LogP contribution < -0.4 is 10.6 Å². The molecule has 8 heteroatoms. The molecule has 0 spiro atoms. The third kappa shape index (κ3) is 5.50. The number of nitrogens with one attached hydrogen (secondary N) is 2. The molecule has 3 aromatic rings. The van der Waals surface area contributed by atoms with Crippen molar-refractivity contribution in [3.8, 4) is 11.1 Å². The molecule has 1 fully saturated rings. The standard InChI is InChI=1S/C25H28FN3O4/c1-25(2,3)33-24(31)28-17-8-4-7-16(12-17)23(30)29-21-13-19(20(26)14-27-21)18-9-5-6-15-10-11-32-22(15)18/h5-6,9-11,13-14,16-17H,4,7-8,12H2,1-3H3,(H,28,31)(H,27,29,30)/t16-,17+/m0/s1. The zero-order valence-corrected chi connectivity index (χ0v) is 19.0. The first kappa shape index (κ1) is 22.8. The number of carbonyl (C=O) groups is 2. The third-order valence-electron chi connectivity index (χ3n) is 5.64. The Bertz CT molecular complexity index is 1170. The number of benzene rings is 1. The number of para-hydroxylation sites is 1. The smallest absolute Gasteiger partial charge is 0.407 e. The SMILES string of the molecule is CC(C)(C)OC(=O)N[C@@H]1CCC[C@H](C(=O)Nc2cc(-c3cccc4ccoc34)c(F)cn2)C1. The van der Waals surface area contributed by atoms with Gasteiger partial charge >= 0.3 is 6.09 Å². The lowest BCUT2D eigenvalue weighted by molar-refractivity contribution is -0.121.